The van der Waals surface area contributed by atoms with Crippen LogP contribution in [0, 0.1) is 6.92 Å². The lowest BCUT2D eigenvalue weighted by molar-refractivity contribution is 0.0692. The van der Waals surface area contributed by atoms with Gasteiger partial charge in [0.2, 0.25) is 0 Å². The highest BCUT2D eigenvalue weighted by Crippen LogP contribution is 2.36. The number of H-pyrrole nitrogens is 1. The van der Waals surface area contributed by atoms with Gasteiger partial charge in [0.1, 0.15) is 11.4 Å². The van der Waals surface area contributed by atoms with Crippen LogP contribution in [0.25, 0.3) is 0 Å². The molecule has 1 amide bonds. The lowest BCUT2D eigenvalue weighted by Crippen LogP contribution is -2.17. The maximum atomic E-state index is 12.3. The number of carbonyl (C=O) groups is 2. The van der Waals surface area contributed by atoms with Crippen molar-refractivity contribution in [1.29, 1.82) is 0 Å². The third-order valence-electron chi connectivity index (χ3n) is 3.37. The molecule has 0 radical (unpaired) electrons. The van der Waals surface area contributed by atoms with Crippen LogP contribution in [0.1, 0.15) is 45.6 Å². The summed E-state index contributed by atoms with van der Waals surface area (Å²) >= 11 is 0. The molecule has 6 nitrogen and oxygen atoms in total. The highest BCUT2D eigenvalue weighted by atomic mass is 16.4. The van der Waals surface area contributed by atoms with Crippen molar-refractivity contribution in [2.75, 3.05) is 5.32 Å². The Morgan fingerprint density at radius 3 is 2.85 bits per heavy atom. The number of rotatable bonds is 4. The Labute approximate surface area is 115 Å². The van der Waals surface area contributed by atoms with E-state index in [4.69, 9.17) is 5.11 Å². The smallest absolute Gasteiger partial charge is 0.354 e. The molecule has 20 heavy (non-hydrogen) atoms. The van der Waals surface area contributed by atoms with Gasteiger partial charge < -0.3 is 20.0 Å². The van der Waals surface area contributed by atoms with Crippen molar-refractivity contribution >= 4 is 17.6 Å². The fourth-order valence-corrected chi connectivity index (χ4v) is 2.30. The third kappa shape index (κ3) is 2.20. The predicted octanol–water partition coefficient (Wildman–Crippen LogP) is 2.41. The van der Waals surface area contributed by atoms with Gasteiger partial charge in [0.25, 0.3) is 5.91 Å². The van der Waals surface area contributed by atoms with Crippen LogP contribution < -0.4 is 5.32 Å². The zero-order chi connectivity index (χ0) is 14.3. The molecule has 6 heteroatoms. The fraction of sp³-hybridized carbons (Fsp3) is 0.286. The highest BCUT2D eigenvalue weighted by molar-refractivity contribution is 6.06. The molecule has 2 aromatic rings. The Balaban J connectivity index is 1.85. The number of carboxylic acids is 1. The van der Waals surface area contributed by atoms with Crippen LogP contribution in [-0.2, 0) is 0 Å². The van der Waals surface area contributed by atoms with Crippen LogP contribution in [0.2, 0.25) is 0 Å². The Kier molecular flexibility index (Phi) is 2.85. The maximum absolute atomic E-state index is 12.3. The van der Waals surface area contributed by atoms with Gasteiger partial charge in [-0.15, -0.1) is 0 Å². The van der Waals surface area contributed by atoms with E-state index >= 15 is 0 Å². The van der Waals surface area contributed by atoms with Crippen molar-refractivity contribution in [3.05, 3.63) is 41.5 Å². The van der Waals surface area contributed by atoms with E-state index in [1.54, 1.807) is 19.1 Å². The van der Waals surface area contributed by atoms with E-state index in [-0.39, 0.29) is 11.6 Å². The molecule has 1 saturated carbocycles. The molecule has 1 aliphatic carbocycles. The second kappa shape index (κ2) is 4.56. The first-order chi connectivity index (χ1) is 9.56. The van der Waals surface area contributed by atoms with E-state index in [0.29, 0.717) is 23.1 Å². The summed E-state index contributed by atoms with van der Waals surface area (Å²) in [7, 11) is 0. The number of carbonyl (C=O) groups excluding carboxylic acids is 1. The number of aromatic amines is 1. The second-order valence-corrected chi connectivity index (χ2v) is 5.03. The zero-order valence-corrected chi connectivity index (χ0v) is 11.0. The molecule has 1 aliphatic rings. The molecule has 3 N–H and O–H groups in total. The molecular weight excluding hydrogens is 258 g/mol. The van der Waals surface area contributed by atoms with Gasteiger partial charge in [0.15, 0.2) is 0 Å². The monoisotopic (exact) mass is 273 g/mol. The number of hydrogen-bond acceptors (Lipinski definition) is 2. The summed E-state index contributed by atoms with van der Waals surface area (Å²) in [5.74, 6) is -1.38. The molecule has 0 aromatic carbocycles. The molecule has 2 heterocycles. The molecule has 104 valence electrons. The van der Waals surface area contributed by atoms with Crippen LogP contribution in [0.3, 0.4) is 0 Å². The summed E-state index contributed by atoms with van der Waals surface area (Å²) in [5.41, 5.74) is 1.54. The number of aryl methyl sites for hydroxylation is 1. The molecule has 1 fully saturated rings. The van der Waals surface area contributed by atoms with Crippen molar-refractivity contribution in [3.63, 3.8) is 0 Å². The topological polar surface area (TPSA) is 87.1 Å². The second-order valence-electron chi connectivity index (χ2n) is 5.03. The third-order valence-corrected chi connectivity index (χ3v) is 3.37. The van der Waals surface area contributed by atoms with Gasteiger partial charge in [-0.25, -0.2) is 4.79 Å². The molecule has 0 aliphatic heterocycles. The predicted molar refractivity (Wildman–Crippen MR) is 73.1 cm³/mol. The molecular formula is C14H15N3O3. The van der Waals surface area contributed by atoms with E-state index in [1.807, 2.05) is 16.8 Å². The van der Waals surface area contributed by atoms with E-state index in [2.05, 4.69) is 10.3 Å². The van der Waals surface area contributed by atoms with Gasteiger partial charge in [-0.1, -0.05) is 0 Å². The quantitative estimate of drug-likeness (QED) is 0.799. The summed E-state index contributed by atoms with van der Waals surface area (Å²) in [4.78, 5) is 26.1. The average Bonchev–Trinajstić information content (AvgIpc) is 2.99. The Morgan fingerprint density at radius 1 is 1.45 bits per heavy atom. The molecule has 0 spiro atoms. The van der Waals surface area contributed by atoms with Gasteiger partial charge >= 0.3 is 5.97 Å². The number of nitrogens with zero attached hydrogens (tertiary/aromatic N) is 1. The van der Waals surface area contributed by atoms with Crippen molar-refractivity contribution in [3.8, 4) is 0 Å². The van der Waals surface area contributed by atoms with Gasteiger partial charge in [-0.2, -0.15) is 0 Å². The minimum atomic E-state index is -1.09. The van der Waals surface area contributed by atoms with Crippen LogP contribution in [-0.4, -0.2) is 26.5 Å². The summed E-state index contributed by atoms with van der Waals surface area (Å²) < 4.78 is 1.94. The molecule has 0 bridgehead atoms. The molecule has 3 rings (SSSR count). The molecule has 0 unspecified atom stereocenters. The first kappa shape index (κ1) is 12.5. The van der Waals surface area contributed by atoms with Crippen LogP contribution in [0.4, 0.5) is 5.69 Å². The number of aromatic carboxylic acids is 1. The van der Waals surface area contributed by atoms with Crippen molar-refractivity contribution in [2.45, 2.75) is 25.8 Å². The number of nitrogens with one attached hydrogen (secondary N) is 2. The minimum absolute atomic E-state index is 0.000350. The Bertz CT molecular complexity index is 680. The van der Waals surface area contributed by atoms with Crippen molar-refractivity contribution < 1.29 is 14.7 Å². The van der Waals surface area contributed by atoms with E-state index < -0.39 is 5.97 Å². The largest absolute Gasteiger partial charge is 0.477 e. The van der Waals surface area contributed by atoms with Crippen LogP contribution in [0.5, 0.6) is 0 Å². The number of carboxylic acid groups (broad SMARTS) is 1. The SMILES string of the molecule is Cc1cc(NC(=O)c2cccn2C2CC2)c(C(=O)O)[nH]1. The summed E-state index contributed by atoms with van der Waals surface area (Å²) in [6.07, 6.45) is 4.05. The summed E-state index contributed by atoms with van der Waals surface area (Å²) in [6, 6.07) is 5.59. The lowest BCUT2D eigenvalue weighted by atomic mass is 10.3. The van der Waals surface area contributed by atoms with Crippen LogP contribution in [0.15, 0.2) is 24.4 Å². The lowest BCUT2D eigenvalue weighted by Gasteiger charge is -2.08. The van der Waals surface area contributed by atoms with E-state index in [1.165, 1.54) is 0 Å². The number of amides is 1. The average molecular weight is 273 g/mol. The van der Waals surface area contributed by atoms with E-state index in [9.17, 15) is 9.59 Å². The molecule has 0 atom stereocenters. The fourth-order valence-electron chi connectivity index (χ4n) is 2.30. The highest BCUT2D eigenvalue weighted by Gasteiger charge is 2.27. The van der Waals surface area contributed by atoms with Crippen molar-refractivity contribution in [1.82, 2.24) is 9.55 Å². The van der Waals surface area contributed by atoms with Gasteiger partial charge in [0, 0.05) is 17.9 Å². The Morgan fingerprint density at radius 2 is 2.20 bits per heavy atom. The van der Waals surface area contributed by atoms with Gasteiger partial charge in [-0.3, -0.25) is 4.79 Å². The van der Waals surface area contributed by atoms with Gasteiger partial charge in [-0.05, 0) is 38.0 Å². The minimum Gasteiger partial charge on any atom is -0.477 e. The Hall–Kier alpha value is -2.50. The zero-order valence-electron chi connectivity index (χ0n) is 11.0. The number of aromatic nitrogens is 2. The number of anilines is 1. The molecule has 0 saturated heterocycles. The van der Waals surface area contributed by atoms with Crippen LogP contribution >= 0.6 is 0 Å². The van der Waals surface area contributed by atoms with E-state index in [0.717, 1.165) is 12.8 Å². The maximum Gasteiger partial charge on any atom is 0.354 e. The first-order valence-corrected chi connectivity index (χ1v) is 6.47. The van der Waals surface area contributed by atoms with Crippen molar-refractivity contribution in [2.24, 2.45) is 0 Å². The standard InChI is InChI=1S/C14H15N3O3/c1-8-7-10(12(15-8)14(19)20)16-13(18)11-3-2-6-17(11)9-4-5-9/h2-3,6-7,9,15H,4-5H2,1H3,(H,16,18)(H,19,20). The van der Waals surface area contributed by atoms with Gasteiger partial charge in [0.05, 0.1) is 5.69 Å². The number of hydrogen-bond donors (Lipinski definition) is 3. The summed E-state index contributed by atoms with van der Waals surface area (Å²) in [6.45, 7) is 1.75. The normalized spacial score (nSPS) is 14.2. The first-order valence-electron chi connectivity index (χ1n) is 6.47. The molecule has 2 aromatic heterocycles. The summed E-state index contributed by atoms with van der Waals surface area (Å²) in [5, 5.41) is 11.8.